The molecule has 0 bridgehead atoms. The third kappa shape index (κ3) is 2.70. The molecule has 154 valence electrons. The Bertz CT molecular complexity index is 1070. The van der Waals surface area contributed by atoms with Gasteiger partial charge in [-0.25, -0.2) is 0 Å². The number of hydrogen-bond donors (Lipinski definition) is 0. The van der Waals surface area contributed by atoms with Gasteiger partial charge in [0.05, 0.1) is 18.2 Å². The molecule has 2 heterocycles. The molecule has 1 fully saturated rings. The molecular weight excluding hydrogens is 452 g/mol. The molecule has 0 radical (unpaired) electrons. The highest BCUT2D eigenvalue weighted by Crippen LogP contribution is 2.51. The van der Waals surface area contributed by atoms with Gasteiger partial charge in [0, 0.05) is 29.2 Å². The van der Waals surface area contributed by atoms with Crippen LogP contribution < -0.4 is 9.80 Å². The Morgan fingerprint density at radius 1 is 1.17 bits per heavy atom. The van der Waals surface area contributed by atoms with Gasteiger partial charge in [0.15, 0.2) is 5.41 Å². The standard InChI is InChI=1S/C22H19BrN2O5/c1-3-30-21(29)22(15-11-13(23)9-10-17(15)24(2)20(22)28)16-12-18(26)25(19(16)27)14-7-5-4-6-8-14/h4-11,16H,3,12H2,1-2H3/t16-,22-/m1/s1. The number of benzene rings is 2. The summed E-state index contributed by atoms with van der Waals surface area (Å²) in [4.78, 5) is 55.6. The quantitative estimate of drug-likeness (QED) is 0.389. The Morgan fingerprint density at radius 2 is 1.87 bits per heavy atom. The molecule has 0 unspecified atom stereocenters. The SMILES string of the molecule is CCOC(=O)[C@]1([C@@H]2CC(=O)N(c3ccccc3)C2=O)C(=O)N(C)c2ccc(Br)cc21. The number of carbonyl (C=O) groups is 4. The Kier molecular flexibility index (Phi) is 4.97. The first-order chi connectivity index (χ1) is 14.3. The third-order valence-electron chi connectivity index (χ3n) is 5.67. The van der Waals surface area contributed by atoms with E-state index in [1.807, 2.05) is 0 Å². The van der Waals surface area contributed by atoms with Gasteiger partial charge in [-0.3, -0.25) is 24.1 Å². The lowest BCUT2D eigenvalue weighted by Gasteiger charge is -2.30. The van der Waals surface area contributed by atoms with Crippen LogP contribution in [-0.4, -0.2) is 37.3 Å². The van der Waals surface area contributed by atoms with Crippen molar-refractivity contribution in [2.75, 3.05) is 23.5 Å². The highest BCUT2D eigenvalue weighted by Gasteiger charge is 2.66. The molecule has 1 saturated heterocycles. The number of esters is 1. The van der Waals surface area contributed by atoms with Crippen LogP contribution in [0.25, 0.3) is 0 Å². The Morgan fingerprint density at radius 3 is 2.53 bits per heavy atom. The predicted molar refractivity (Wildman–Crippen MR) is 113 cm³/mol. The lowest BCUT2D eigenvalue weighted by molar-refractivity contribution is -0.158. The largest absolute Gasteiger partial charge is 0.465 e. The molecule has 0 aromatic heterocycles. The number of hydrogen-bond acceptors (Lipinski definition) is 5. The van der Waals surface area contributed by atoms with Crippen molar-refractivity contribution in [1.82, 2.24) is 0 Å². The number of nitrogens with zero attached hydrogens (tertiary/aromatic N) is 2. The van der Waals surface area contributed by atoms with Crippen LogP contribution in [0, 0.1) is 5.92 Å². The fourth-order valence-electron chi connectivity index (χ4n) is 4.35. The minimum Gasteiger partial charge on any atom is -0.465 e. The first-order valence-electron chi connectivity index (χ1n) is 9.51. The number of imide groups is 1. The second-order valence-electron chi connectivity index (χ2n) is 7.21. The average Bonchev–Trinajstić information content (AvgIpc) is 3.14. The van der Waals surface area contributed by atoms with Gasteiger partial charge in [0.2, 0.25) is 17.7 Å². The van der Waals surface area contributed by atoms with Gasteiger partial charge in [-0.15, -0.1) is 0 Å². The van der Waals surface area contributed by atoms with E-state index in [1.54, 1.807) is 62.5 Å². The van der Waals surface area contributed by atoms with E-state index in [0.717, 1.165) is 4.90 Å². The zero-order valence-corrected chi connectivity index (χ0v) is 18.0. The fourth-order valence-corrected chi connectivity index (χ4v) is 4.71. The molecule has 2 aliphatic heterocycles. The van der Waals surface area contributed by atoms with E-state index in [0.29, 0.717) is 21.4 Å². The monoisotopic (exact) mass is 470 g/mol. The topological polar surface area (TPSA) is 84.0 Å². The summed E-state index contributed by atoms with van der Waals surface area (Å²) in [6, 6.07) is 13.6. The van der Waals surface area contributed by atoms with Gasteiger partial charge in [-0.1, -0.05) is 34.1 Å². The van der Waals surface area contributed by atoms with Gasteiger partial charge >= 0.3 is 5.97 Å². The van der Waals surface area contributed by atoms with Crippen LogP contribution >= 0.6 is 15.9 Å². The van der Waals surface area contributed by atoms with Crippen LogP contribution in [0.15, 0.2) is 53.0 Å². The Hall–Kier alpha value is -3.00. The van der Waals surface area contributed by atoms with Crippen LogP contribution in [0.3, 0.4) is 0 Å². The number of amides is 3. The second-order valence-corrected chi connectivity index (χ2v) is 8.13. The van der Waals surface area contributed by atoms with Gasteiger partial charge in [0.1, 0.15) is 0 Å². The van der Waals surface area contributed by atoms with E-state index in [9.17, 15) is 19.2 Å². The number of likely N-dealkylation sites (N-methyl/N-ethyl adjacent to an activating group) is 1. The minimum absolute atomic E-state index is 0.0399. The van der Waals surface area contributed by atoms with Crippen molar-refractivity contribution in [2.45, 2.75) is 18.8 Å². The van der Waals surface area contributed by atoms with E-state index in [4.69, 9.17) is 4.74 Å². The van der Waals surface area contributed by atoms with Gasteiger partial charge in [0.25, 0.3) is 0 Å². The van der Waals surface area contributed by atoms with Crippen LogP contribution in [0.2, 0.25) is 0 Å². The van der Waals surface area contributed by atoms with E-state index in [-0.39, 0.29) is 13.0 Å². The van der Waals surface area contributed by atoms with Crippen LogP contribution in [-0.2, 0) is 29.3 Å². The van der Waals surface area contributed by atoms with Gasteiger partial charge in [-0.05, 0) is 37.3 Å². The zero-order valence-electron chi connectivity index (χ0n) is 16.4. The number of ether oxygens (including phenoxy) is 1. The molecule has 2 aromatic carbocycles. The van der Waals surface area contributed by atoms with Crippen molar-refractivity contribution in [3.05, 3.63) is 58.6 Å². The number of carbonyl (C=O) groups excluding carboxylic acids is 4. The smallest absolute Gasteiger partial charge is 0.327 e. The summed E-state index contributed by atoms with van der Waals surface area (Å²) in [6.45, 7) is 1.67. The molecule has 8 heteroatoms. The molecule has 0 saturated carbocycles. The molecular formula is C22H19BrN2O5. The molecule has 0 spiro atoms. The first kappa shape index (κ1) is 20.3. The maximum atomic E-state index is 13.5. The number of rotatable bonds is 4. The zero-order chi connectivity index (χ0) is 21.6. The fraction of sp³-hybridized carbons (Fsp3) is 0.273. The van der Waals surface area contributed by atoms with Crippen LogP contribution in [0.1, 0.15) is 18.9 Å². The minimum atomic E-state index is -1.92. The van der Waals surface area contributed by atoms with E-state index >= 15 is 0 Å². The summed E-state index contributed by atoms with van der Waals surface area (Å²) in [5.74, 6) is -3.64. The summed E-state index contributed by atoms with van der Waals surface area (Å²) in [6.07, 6.45) is -0.266. The molecule has 7 nitrogen and oxygen atoms in total. The average molecular weight is 471 g/mol. The van der Waals surface area contributed by atoms with Gasteiger partial charge in [-0.2, -0.15) is 0 Å². The summed E-state index contributed by atoms with van der Waals surface area (Å²) in [5, 5.41) is 0. The first-order valence-corrected chi connectivity index (χ1v) is 10.3. The molecule has 0 aliphatic carbocycles. The molecule has 2 atom stereocenters. The number of fused-ring (bicyclic) bond motifs is 1. The van der Waals surface area contributed by atoms with Crippen molar-refractivity contribution < 1.29 is 23.9 Å². The summed E-state index contributed by atoms with van der Waals surface area (Å²) in [7, 11) is 1.55. The molecule has 4 rings (SSSR count). The molecule has 30 heavy (non-hydrogen) atoms. The maximum Gasteiger partial charge on any atom is 0.327 e. The van der Waals surface area contributed by atoms with E-state index in [1.165, 1.54) is 4.90 Å². The third-order valence-corrected chi connectivity index (χ3v) is 6.16. The lowest BCUT2D eigenvalue weighted by Crippen LogP contribution is -2.54. The van der Waals surface area contributed by atoms with Crippen LogP contribution in [0.5, 0.6) is 0 Å². The van der Waals surface area contributed by atoms with Crippen molar-refractivity contribution in [2.24, 2.45) is 5.92 Å². The van der Waals surface area contributed by atoms with Crippen molar-refractivity contribution >= 4 is 51.0 Å². The molecule has 2 aliphatic rings. The number of anilines is 2. The lowest BCUT2D eigenvalue weighted by atomic mass is 9.70. The maximum absolute atomic E-state index is 13.5. The second kappa shape index (κ2) is 7.36. The summed E-state index contributed by atoms with van der Waals surface area (Å²) >= 11 is 3.38. The van der Waals surface area contributed by atoms with E-state index < -0.39 is 35.0 Å². The highest BCUT2D eigenvalue weighted by atomic mass is 79.9. The molecule has 2 aromatic rings. The van der Waals surface area contributed by atoms with Crippen molar-refractivity contribution in [3.63, 3.8) is 0 Å². The molecule has 0 N–H and O–H groups in total. The number of halogens is 1. The Balaban J connectivity index is 1.91. The van der Waals surface area contributed by atoms with Crippen molar-refractivity contribution in [1.29, 1.82) is 0 Å². The van der Waals surface area contributed by atoms with E-state index in [2.05, 4.69) is 15.9 Å². The van der Waals surface area contributed by atoms with Crippen molar-refractivity contribution in [3.8, 4) is 0 Å². The summed E-state index contributed by atoms with van der Waals surface area (Å²) < 4.78 is 5.95. The molecule has 3 amide bonds. The predicted octanol–water partition coefficient (Wildman–Crippen LogP) is 2.81. The van der Waals surface area contributed by atoms with Gasteiger partial charge < -0.3 is 9.64 Å². The highest BCUT2D eigenvalue weighted by molar-refractivity contribution is 9.10. The van der Waals surface area contributed by atoms with Crippen LogP contribution in [0.4, 0.5) is 11.4 Å². The summed E-state index contributed by atoms with van der Waals surface area (Å²) in [5.41, 5.74) is -0.638. The normalized spacial score (nSPS) is 23.2. The number of para-hydroxylation sites is 1. The Labute approximate surface area is 181 Å².